The zero-order chi connectivity index (χ0) is 12.4. The van der Waals surface area contributed by atoms with Crippen molar-refractivity contribution >= 4 is 5.82 Å². The smallest absolute Gasteiger partial charge is 0.132 e. The molecule has 1 aliphatic carbocycles. The predicted octanol–water partition coefficient (Wildman–Crippen LogP) is 1.99. The maximum atomic E-state index is 9.52. The number of rotatable bonds is 4. The number of aryl methyl sites for hydroxylation is 2. The number of aliphatic hydroxyl groups excluding tert-OH is 1. The Bertz CT molecular complexity index is 380. The highest BCUT2D eigenvalue weighted by atomic mass is 16.3. The number of aromatic nitrogens is 2. The van der Waals surface area contributed by atoms with Crippen LogP contribution in [0.25, 0.3) is 0 Å². The van der Waals surface area contributed by atoms with Crippen molar-refractivity contribution in [1.82, 2.24) is 9.78 Å². The summed E-state index contributed by atoms with van der Waals surface area (Å²) in [7, 11) is 1.97. The van der Waals surface area contributed by atoms with E-state index in [-0.39, 0.29) is 6.61 Å². The lowest BCUT2D eigenvalue weighted by Gasteiger charge is -2.30. The Hall–Kier alpha value is -1.03. The Labute approximate surface area is 103 Å². The maximum absolute atomic E-state index is 9.52. The highest BCUT2D eigenvalue weighted by Gasteiger charge is 2.26. The highest BCUT2D eigenvalue weighted by Crippen LogP contribution is 2.31. The van der Waals surface area contributed by atoms with Crippen LogP contribution in [0.5, 0.6) is 0 Å². The van der Waals surface area contributed by atoms with E-state index < -0.39 is 0 Å². The first-order chi connectivity index (χ1) is 8.19. The van der Waals surface area contributed by atoms with E-state index in [1.165, 1.54) is 25.7 Å². The van der Waals surface area contributed by atoms with E-state index in [1.54, 1.807) is 0 Å². The van der Waals surface area contributed by atoms with Crippen molar-refractivity contribution in [3.8, 4) is 0 Å². The Kier molecular flexibility index (Phi) is 3.72. The number of anilines is 1. The summed E-state index contributed by atoms with van der Waals surface area (Å²) in [5, 5.41) is 14.0. The molecule has 1 aliphatic rings. The first-order valence-electron chi connectivity index (χ1n) is 6.59. The van der Waals surface area contributed by atoms with Gasteiger partial charge in [0.25, 0.3) is 0 Å². The van der Waals surface area contributed by atoms with Gasteiger partial charge in [-0.25, -0.2) is 0 Å². The number of hydrogen-bond acceptors (Lipinski definition) is 3. The lowest BCUT2D eigenvalue weighted by Crippen LogP contribution is -2.35. The van der Waals surface area contributed by atoms with Crippen molar-refractivity contribution in [3.63, 3.8) is 0 Å². The molecule has 1 heterocycles. The van der Waals surface area contributed by atoms with E-state index in [0.29, 0.717) is 6.04 Å². The van der Waals surface area contributed by atoms with E-state index >= 15 is 0 Å². The van der Waals surface area contributed by atoms with E-state index in [4.69, 9.17) is 0 Å². The van der Waals surface area contributed by atoms with Crippen molar-refractivity contribution in [2.75, 3.05) is 11.4 Å². The molecule has 1 fully saturated rings. The van der Waals surface area contributed by atoms with Gasteiger partial charge in [0.05, 0.1) is 12.3 Å². The van der Waals surface area contributed by atoms with Crippen molar-refractivity contribution in [1.29, 1.82) is 0 Å². The SMILES string of the molecule is CCN(c1c(CO)c(C)nn1C)C1CCCC1. The van der Waals surface area contributed by atoms with Gasteiger partial charge in [0.15, 0.2) is 0 Å². The lowest BCUT2D eigenvalue weighted by molar-refractivity contribution is 0.281. The molecule has 0 saturated heterocycles. The summed E-state index contributed by atoms with van der Waals surface area (Å²) < 4.78 is 1.92. The number of aliphatic hydroxyl groups is 1. The van der Waals surface area contributed by atoms with Crippen molar-refractivity contribution in [3.05, 3.63) is 11.3 Å². The first-order valence-corrected chi connectivity index (χ1v) is 6.59. The average molecular weight is 237 g/mol. The Morgan fingerprint density at radius 3 is 2.59 bits per heavy atom. The van der Waals surface area contributed by atoms with Gasteiger partial charge in [-0.3, -0.25) is 4.68 Å². The summed E-state index contributed by atoms with van der Waals surface area (Å²) in [5.41, 5.74) is 1.93. The Morgan fingerprint density at radius 1 is 1.41 bits per heavy atom. The minimum absolute atomic E-state index is 0.0816. The third-order valence-electron chi connectivity index (χ3n) is 3.85. The third-order valence-corrected chi connectivity index (χ3v) is 3.85. The van der Waals surface area contributed by atoms with Gasteiger partial charge >= 0.3 is 0 Å². The summed E-state index contributed by atoms with van der Waals surface area (Å²) in [6.45, 7) is 5.22. The van der Waals surface area contributed by atoms with Crippen LogP contribution in [0.3, 0.4) is 0 Å². The second-order valence-corrected chi connectivity index (χ2v) is 4.89. The van der Waals surface area contributed by atoms with Gasteiger partial charge in [-0.1, -0.05) is 12.8 Å². The number of hydrogen-bond donors (Lipinski definition) is 1. The van der Waals surface area contributed by atoms with Crippen LogP contribution in [0.1, 0.15) is 43.9 Å². The second-order valence-electron chi connectivity index (χ2n) is 4.89. The average Bonchev–Trinajstić information content (AvgIpc) is 2.90. The molecular weight excluding hydrogens is 214 g/mol. The summed E-state index contributed by atoms with van der Waals surface area (Å²) in [6.07, 6.45) is 5.19. The third kappa shape index (κ3) is 2.18. The predicted molar refractivity (Wildman–Crippen MR) is 69.1 cm³/mol. The van der Waals surface area contributed by atoms with Crippen LogP contribution in [0, 0.1) is 6.92 Å². The van der Waals surface area contributed by atoms with Gasteiger partial charge in [0, 0.05) is 25.2 Å². The van der Waals surface area contributed by atoms with E-state index in [0.717, 1.165) is 23.6 Å². The van der Waals surface area contributed by atoms with Gasteiger partial charge in [0.2, 0.25) is 0 Å². The molecule has 0 amide bonds. The molecular formula is C13H23N3O. The molecule has 1 saturated carbocycles. The topological polar surface area (TPSA) is 41.3 Å². The maximum Gasteiger partial charge on any atom is 0.132 e. The van der Waals surface area contributed by atoms with Gasteiger partial charge in [-0.15, -0.1) is 0 Å². The van der Waals surface area contributed by atoms with Gasteiger partial charge in [-0.05, 0) is 26.7 Å². The van der Waals surface area contributed by atoms with Crippen molar-refractivity contribution in [2.24, 2.45) is 7.05 Å². The molecule has 0 unspecified atom stereocenters. The van der Waals surface area contributed by atoms with Crippen molar-refractivity contribution in [2.45, 2.75) is 52.2 Å². The normalized spacial score (nSPS) is 16.7. The fourth-order valence-electron chi connectivity index (χ4n) is 3.03. The molecule has 2 rings (SSSR count). The van der Waals surface area contributed by atoms with Gasteiger partial charge in [0.1, 0.15) is 5.82 Å². The summed E-state index contributed by atoms with van der Waals surface area (Å²) in [6, 6.07) is 0.625. The van der Waals surface area contributed by atoms with Crippen LogP contribution in [0.4, 0.5) is 5.82 Å². The number of nitrogens with zero attached hydrogens (tertiary/aromatic N) is 3. The molecule has 0 atom stereocenters. The van der Waals surface area contributed by atoms with E-state index in [1.807, 2.05) is 18.7 Å². The molecule has 0 bridgehead atoms. The van der Waals surface area contributed by atoms with Crippen LogP contribution in [-0.2, 0) is 13.7 Å². The largest absolute Gasteiger partial charge is 0.391 e. The minimum Gasteiger partial charge on any atom is -0.391 e. The van der Waals surface area contributed by atoms with Gasteiger partial charge in [-0.2, -0.15) is 5.10 Å². The molecule has 4 nitrogen and oxygen atoms in total. The fraction of sp³-hybridized carbons (Fsp3) is 0.769. The molecule has 0 radical (unpaired) electrons. The van der Waals surface area contributed by atoms with Crippen LogP contribution in [0.2, 0.25) is 0 Å². The van der Waals surface area contributed by atoms with Gasteiger partial charge < -0.3 is 10.0 Å². The fourth-order valence-corrected chi connectivity index (χ4v) is 3.03. The summed E-state index contributed by atoms with van der Waals surface area (Å²) >= 11 is 0. The standard InChI is InChI=1S/C13H23N3O/c1-4-16(11-7-5-6-8-11)13-12(9-17)10(2)14-15(13)3/h11,17H,4-9H2,1-3H3. The molecule has 4 heteroatoms. The quantitative estimate of drug-likeness (QED) is 0.870. The minimum atomic E-state index is 0.0816. The van der Waals surface area contributed by atoms with Crippen LogP contribution in [0.15, 0.2) is 0 Å². The molecule has 0 aliphatic heterocycles. The summed E-state index contributed by atoms with van der Waals surface area (Å²) in [5.74, 6) is 1.11. The highest BCUT2D eigenvalue weighted by molar-refractivity contribution is 5.50. The summed E-state index contributed by atoms with van der Waals surface area (Å²) in [4.78, 5) is 2.42. The molecule has 1 N–H and O–H groups in total. The molecule has 96 valence electrons. The molecule has 1 aromatic rings. The Balaban J connectivity index is 2.35. The molecule has 0 aromatic carbocycles. The van der Waals surface area contributed by atoms with Crippen LogP contribution >= 0.6 is 0 Å². The molecule has 0 spiro atoms. The van der Waals surface area contributed by atoms with E-state index in [9.17, 15) is 5.11 Å². The van der Waals surface area contributed by atoms with Crippen LogP contribution < -0.4 is 4.90 Å². The zero-order valence-electron chi connectivity index (χ0n) is 11.1. The molecule has 17 heavy (non-hydrogen) atoms. The van der Waals surface area contributed by atoms with E-state index in [2.05, 4.69) is 16.9 Å². The molecule has 1 aromatic heterocycles. The second kappa shape index (κ2) is 5.08. The zero-order valence-corrected chi connectivity index (χ0v) is 11.1. The van der Waals surface area contributed by atoms with Crippen molar-refractivity contribution < 1.29 is 5.11 Å². The Morgan fingerprint density at radius 2 is 2.06 bits per heavy atom. The monoisotopic (exact) mass is 237 g/mol. The lowest BCUT2D eigenvalue weighted by atomic mass is 10.1. The first kappa shape index (κ1) is 12.4. The van der Waals surface area contributed by atoms with Crippen LogP contribution in [-0.4, -0.2) is 27.5 Å².